The van der Waals surface area contributed by atoms with Crippen LogP contribution in [0.1, 0.15) is 22.3 Å². The summed E-state index contributed by atoms with van der Waals surface area (Å²) in [7, 11) is 4.98. The van der Waals surface area contributed by atoms with E-state index in [1.807, 2.05) is 36.4 Å². The van der Waals surface area contributed by atoms with Gasteiger partial charge in [0.25, 0.3) is 5.91 Å². The van der Waals surface area contributed by atoms with Crippen molar-refractivity contribution in [3.05, 3.63) is 65.9 Å². The SMILES string of the molecule is COc1cc(C(=O)N(C)C)ccc1-c1cc2nccc(-c3ccc(NC4CCNC4)c(C#N)c3)c2o1. The molecular formula is C28H27N5O3. The molecule has 2 aromatic carbocycles. The molecule has 36 heavy (non-hydrogen) atoms. The Bertz CT molecular complexity index is 1480. The van der Waals surface area contributed by atoms with Gasteiger partial charge in [0.15, 0.2) is 5.58 Å². The third-order valence-corrected chi connectivity index (χ3v) is 6.40. The molecule has 1 aliphatic heterocycles. The Kier molecular flexibility index (Phi) is 6.32. The molecule has 0 aliphatic carbocycles. The number of aromatic nitrogens is 1. The van der Waals surface area contributed by atoms with Crippen LogP contribution in [-0.2, 0) is 0 Å². The van der Waals surface area contributed by atoms with Crippen molar-refractivity contribution in [2.75, 3.05) is 39.6 Å². The lowest BCUT2D eigenvalue weighted by Crippen LogP contribution is -2.22. The van der Waals surface area contributed by atoms with E-state index >= 15 is 0 Å². The average Bonchev–Trinajstić information content (AvgIpc) is 3.57. The maximum Gasteiger partial charge on any atom is 0.253 e. The maximum absolute atomic E-state index is 12.4. The van der Waals surface area contributed by atoms with Crippen LogP contribution in [-0.4, -0.2) is 56.1 Å². The lowest BCUT2D eigenvalue weighted by atomic mass is 10.0. The lowest BCUT2D eigenvalue weighted by molar-refractivity contribution is 0.0827. The van der Waals surface area contributed by atoms with Crippen LogP contribution >= 0.6 is 0 Å². The number of rotatable bonds is 6. The lowest BCUT2D eigenvalue weighted by Gasteiger charge is -2.15. The highest BCUT2D eigenvalue weighted by molar-refractivity contribution is 5.96. The highest BCUT2D eigenvalue weighted by Crippen LogP contribution is 2.38. The molecule has 4 aromatic rings. The molecule has 0 radical (unpaired) electrons. The topological polar surface area (TPSA) is 103 Å². The fraction of sp³-hybridized carbons (Fsp3) is 0.250. The predicted octanol–water partition coefficient (Wildman–Crippen LogP) is 4.52. The molecule has 1 amide bonds. The standard InChI is InChI=1S/C28H27N5O3/c1-33(2)28(34)18-4-6-22(25(13-18)35-3)26-14-24-27(36-26)21(9-11-31-24)17-5-7-23(19(12-17)15-29)32-20-8-10-30-16-20/h4-7,9,11-14,20,30,32H,8,10,16H2,1-3H3. The number of hydrogen-bond acceptors (Lipinski definition) is 7. The third kappa shape index (κ3) is 4.37. The van der Waals surface area contributed by atoms with E-state index in [2.05, 4.69) is 21.7 Å². The van der Waals surface area contributed by atoms with Crippen molar-refractivity contribution in [2.45, 2.75) is 12.5 Å². The summed E-state index contributed by atoms with van der Waals surface area (Å²) >= 11 is 0. The summed E-state index contributed by atoms with van der Waals surface area (Å²) in [5.74, 6) is 1.01. The van der Waals surface area contributed by atoms with Gasteiger partial charge in [-0.2, -0.15) is 5.26 Å². The van der Waals surface area contributed by atoms with Crippen LogP contribution in [0.4, 0.5) is 5.69 Å². The average molecular weight is 482 g/mol. The fourth-order valence-electron chi connectivity index (χ4n) is 4.51. The van der Waals surface area contributed by atoms with Gasteiger partial charge in [-0.15, -0.1) is 0 Å². The molecule has 0 spiro atoms. The summed E-state index contributed by atoms with van der Waals surface area (Å²) < 4.78 is 11.9. The number of furan rings is 1. The second-order valence-electron chi connectivity index (χ2n) is 9.00. The van der Waals surface area contributed by atoms with Crippen molar-refractivity contribution in [1.29, 1.82) is 5.26 Å². The van der Waals surface area contributed by atoms with Gasteiger partial charge >= 0.3 is 0 Å². The van der Waals surface area contributed by atoms with E-state index in [9.17, 15) is 10.1 Å². The summed E-state index contributed by atoms with van der Waals surface area (Å²) in [6.45, 7) is 1.87. The number of nitrogens with zero attached hydrogens (tertiary/aromatic N) is 3. The Hall–Kier alpha value is -4.35. The highest BCUT2D eigenvalue weighted by atomic mass is 16.5. The van der Waals surface area contributed by atoms with Crippen molar-refractivity contribution in [3.63, 3.8) is 0 Å². The maximum atomic E-state index is 12.4. The molecule has 8 heteroatoms. The molecule has 0 saturated carbocycles. The monoisotopic (exact) mass is 481 g/mol. The zero-order valence-electron chi connectivity index (χ0n) is 20.5. The molecule has 2 N–H and O–H groups in total. The molecule has 1 atom stereocenters. The minimum absolute atomic E-state index is 0.108. The van der Waals surface area contributed by atoms with Crippen molar-refractivity contribution in [1.82, 2.24) is 15.2 Å². The molecule has 8 nitrogen and oxygen atoms in total. The number of nitriles is 1. The summed E-state index contributed by atoms with van der Waals surface area (Å²) in [6, 6.07) is 17.5. The van der Waals surface area contributed by atoms with Crippen molar-refractivity contribution in [2.24, 2.45) is 0 Å². The molecule has 1 saturated heterocycles. The van der Waals surface area contributed by atoms with Gasteiger partial charge in [0, 0.05) is 50.1 Å². The second-order valence-corrected chi connectivity index (χ2v) is 9.00. The number of anilines is 1. The van der Waals surface area contributed by atoms with E-state index in [-0.39, 0.29) is 5.91 Å². The minimum atomic E-state index is -0.108. The van der Waals surface area contributed by atoms with Gasteiger partial charge in [-0.25, -0.2) is 0 Å². The van der Waals surface area contributed by atoms with E-state index in [1.54, 1.807) is 39.5 Å². The zero-order valence-corrected chi connectivity index (χ0v) is 20.5. The second kappa shape index (κ2) is 9.72. The van der Waals surface area contributed by atoms with Crippen molar-refractivity contribution < 1.29 is 13.9 Å². The Morgan fingerprint density at radius 3 is 2.78 bits per heavy atom. The van der Waals surface area contributed by atoms with Crippen LogP contribution in [0.3, 0.4) is 0 Å². The van der Waals surface area contributed by atoms with Crippen molar-refractivity contribution >= 4 is 22.7 Å². The van der Waals surface area contributed by atoms with Crippen molar-refractivity contribution in [3.8, 4) is 34.3 Å². The molecule has 3 heterocycles. The first-order valence-corrected chi connectivity index (χ1v) is 11.8. The number of benzene rings is 2. The molecule has 0 bridgehead atoms. The largest absolute Gasteiger partial charge is 0.496 e. The summed E-state index contributed by atoms with van der Waals surface area (Å²) in [5.41, 5.74) is 5.68. The number of methoxy groups -OCH3 is 1. The van der Waals surface area contributed by atoms with Gasteiger partial charge < -0.3 is 24.7 Å². The molecule has 1 fully saturated rings. The fourth-order valence-corrected chi connectivity index (χ4v) is 4.51. The first-order valence-electron chi connectivity index (χ1n) is 11.8. The normalized spacial score (nSPS) is 15.0. The molecule has 5 rings (SSSR count). The van der Waals surface area contributed by atoms with Crippen LogP contribution in [0.5, 0.6) is 5.75 Å². The molecular weight excluding hydrogens is 454 g/mol. The smallest absolute Gasteiger partial charge is 0.253 e. The number of fused-ring (bicyclic) bond motifs is 1. The predicted molar refractivity (Wildman–Crippen MR) is 139 cm³/mol. The third-order valence-electron chi connectivity index (χ3n) is 6.40. The number of carbonyl (C=O) groups is 1. The summed E-state index contributed by atoms with van der Waals surface area (Å²) in [6.07, 6.45) is 2.76. The van der Waals surface area contributed by atoms with Gasteiger partial charge in [-0.1, -0.05) is 6.07 Å². The van der Waals surface area contributed by atoms with Gasteiger partial charge in [-0.3, -0.25) is 9.78 Å². The number of nitrogens with one attached hydrogen (secondary N) is 2. The summed E-state index contributed by atoms with van der Waals surface area (Å²) in [4.78, 5) is 18.4. The Morgan fingerprint density at radius 2 is 2.06 bits per heavy atom. The van der Waals surface area contributed by atoms with Crippen LogP contribution < -0.4 is 15.4 Å². The number of ether oxygens (including phenoxy) is 1. The Morgan fingerprint density at radius 1 is 1.19 bits per heavy atom. The van der Waals surface area contributed by atoms with E-state index in [0.717, 1.165) is 41.9 Å². The first kappa shape index (κ1) is 23.4. The van der Waals surface area contributed by atoms with E-state index in [4.69, 9.17) is 9.15 Å². The van der Waals surface area contributed by atoms with Crippen LogP contribution in [0, 0.1) is 11.3 Å². The first-order chi connectivity index (χ1) is 17.5. The number of amides is 1. The molecule has 2 aromatic heterocycles. The Balaban J connectivity index is 1.53. The molecule has 182 valence electrons. The number of pyridine rings is 1. The molecule has 1 unspecified atom stereocenters. The van der Waals surface area contributed by atoms with Gasteiger partial charge in [0.1, 0.15) is 23.1 Å². The van der Waals surface area contributed by atoms with Crippen LogP contribution in [0.25, 0.3) is 33.6 Å². The van der Waals surface area contributed by atoms with Crippen LogP contribution in [0.15, 0.2) is 59.1 Å². The molecule has 1 aliphatic rings. The van der Waals surface area contributed by atoms with Crippen LogP contribution in [0.2, 0.25) is 0 Å². The zero-order chi connectivity index (χ0) is 25.2. The van der Waals surface area contributed by atoms with E-state index < -0.39 is 0 Å². The van der Waals surface area contributed by atoms with Gasteiger partial charge in [0.05, 0.1) is 23.9 Å². The van der Waals surface area contributed by atoms with Gasteiger partial charge in [-0.05, 0) is 54.9 Å². The Labute approximate surface area is 209 Å². The minimum Gasteiger partial charge on any atom is -0.496 e. The highest BCUT2D eigenvalue weighted by Gasteiger charge is 2.19. The van der Waals surface area contributed by atoms with E-state index in [1.165, 1.54) is 4.90 Å². The quantitative estimate of drug-likeness (QED) is 0.417. The number of carbonyl (C=O) groups excluding carboxylic acids is 1. The van der Waals surface area contributed by atoms with E-state index in [0.29, 0.717) is 39.8 Å². The summed E-state index contributed by atoms with van der Waals surface area (Å²) in [5, 5.41) is 16.6. The van der Waals surface area contributed by atoms with Gasteiger partial charge in [0.2, 0.25) is 0 Å². The number of hydrogen-bond donors (Lipinski definition) is 2.